The van der Waals surface area contributed by atoms with Crippen LogP contribution in [0.2, 0.25) is 0 Å². The topological polar surface area (TPSA) is 66.7 Å². The number of amides is 1. The third-order valence-electron chi connectivity index (χ3n) is 6.69. The minimum absolute atomic E-state index is 0.00716. The molecule has 3 heterocycles. The zero-order valence-electron chi connectivity index (χ0n) is 19.2. The molecule has 186 valence electrons. The second-order valence-corrected chi connectivity index (χ2v) is 9.16. The van der Waals surface area contributed by atoms with Gasteiger partial charge in [-0.2, -0.15) is 13.2 Å². The maximum absolute atomic E-state index is 12.8. The summed E-state index contributed by atoms with van der Waals surface area (Å²) in [6, 6.07) is 12.7. The van der Waals surface area contributed by atoms with Gasteiger partial charge in [0.15, 0.2) is 5.76 Å². The number of anilines is 1. The van der Waals surface area contributed by atoms with E-state index < -0.39 is 11.7 Å². The van der Waals surface area contributed by atoms with Crippen molar-refractivity contribution in [3.8, 4) is 5.75 Å². The van der Waals surface area contributed by atoms with Crippen molar-refractivity contribution in [1.82, 2.24) is 10.6 Å². The predicted octanol–water partition coefficient (Wildman–Crippen LogP) is 4.98. The van der Waals surface area contributed by atoms with Crippen LogP contribution in [-0.4, -0.2) is 44.2 Å². The minimum Gasteiger partial charge on any atom is -0.490 e. The van der Waals surface area contributed by atoms with E-state index in [1.54, 1.807) is 6.07 Å². The molecule has 0 radical (unpaired) electrons. The highest BCUT2D eigenvalue weighted by molar-refractivity contribution is 5.96. The van der Waals surface area contributed by atoms with Crippen molar-refractivity contribution < 1.29 is 27.1 Å². The summed E-state index contributed by atoms with van der Waals surface area (Å²) in [6.45, 7) is 3.19. The number of benzene rings is 2. The Bertz CT molecular complexity index is 1160. The molecular formula is C26H28F3N3O3. The number of carbonyl (C=O) groups is 1. The fourth-order valence-electron chi connectivity index (χ4n) is 4.71. The first kappa shape index (κ1) is 23.5. The van der Waals surface area contributed by atoms with Crippen molar-refractivity contribution in [1.29, 1.82) is 0 Å². The molecule has 0 aliphatic carbocycles. The number of alkyl halides is 3. The van der Waals surface area contributed by atoms with Gasteiger partial charge in [0.05, 0.1) is 5.56 Å². The lowest BCUT2D eigenvalue weighted by molar-refractivity contribution is -0.137. The molecule has 0 saturated carbocycles. The summed E-state index contributed by atoms with van der Waals surface area (Å²) in [7, 11) is 0. The van der Waals surface area contributed by atoms with Gasteiger partial charge in [-0.05, 0) is 74.5 Å². The van der Waals surface area contributed by atoms with Crippen LogP contribution in [-0.2, 0) is 6.18 Å². The molecule has 2 aromatic carbocycles. The van der Waals surface area contributed by atoms with Gasteiger partial charge >= 0.3 is 6.18 Å². The Hall–Kier alpha value is -3.20. The van der Waals surface area contributed by atoms with E-state index in [9.17, 15) is 18.0 Å². The molecule has 2 fully saturated rings. The number of hydrogen-bond acceptors (Lipinski definition) is 5. The average Bonchev–Trinajstić information content (AvgIpc) is 3.29. The summed E-state index contributed by atoms with van der Waals surface area (Å²) in [5.41, 5.74) is 0.775. The van der Waals surface area contributed by atoms with Gasteiger partial charge < -0.3 is 24.7 Å². The van der Waals surface area contributed by atoms with Gasteiger partial charge in [-0.3, -0.25) is 4.79 Å². The van der Waals surface area contributed by atoms with Gasteiger partial charge in [0.2, 0.25) is 0 Å². The van der Waals surface area contributed by atoms with Crippen LogP contribution in [0.1, 0.15) is 41.8 Å². The number of nitrogens with one attached hydrogen (secondary N) is 2. The summed E-state index contributed by atoms with van der Waals surface area (Å²) in [4.78, 5) is 14.7. The van der Waals surface area contributed by atoms with Crippen LogP contribution in [0, 0.1) is 0 Å². The quantitative estimate of drug-likeness (QED) is 0.531. The Kier molecular flexibility index (Phi) is 6.60. The van der Waals surface area contributed by atoms with Gasteiger partial charge in [0.1, 0.15) is 17.4 Å². The highest BCUT2D eigenvalue weighted by atomic mass is 19.4. The summed E-state index contributed by atoms with van der Waals surface area (Å²) in [5, 5.41) is 7.12. The molecule has 9 heteroatoms. The first-order chi connectivity index (χ1) is 16.8. The smallest absolute Gasteiger partial charge is 0.416 e. The first-order valence-corrected chi connectivity index (χ1v) is 12.0. The standard InChI is InChI=1S/C26H28F3N3O3/c27-26(28,29)18-1-3-20(4-2-18)32-13-9-21(10-14-32)34-22-5-6-23-17(15-22)16-24(35-23)25(33)31-19-7-11-30-12-8-19/h1-6,15-16,19,21,30H,7-14H2,(H,31,33). The van der Waals surface area contributed by atoms with E-state index in [0.717, 1.165) is 62.0 Å². The number of piperidine rings is 2. The maximum Gasteiger partial charge on any atom is 0.416 e. The molecule has 5 rings (SSSR count). The number of carbonyl (C=O) groups excluding carboxylic acids is 1. The third kappa shape index (κ3) is 5.56. The van der Waals surface area contributed by atoms with Crippen molar-refractivity contribution >= 4 is 22.6 Å². The van der Waals surface area contributed by atoms with Crippen molar-refractivity contribution in [2.75, 3.05) is 31.1 Å². The van der Waals surface area contributed by atoms with Crippen molar-refractivity contribution in [2.45, 2.75) is 44.0 Å². The monoisotopic (exact) mass is 487 g/mol. The van der Waals surface area contributed by atoms with Crippen LogP contribution in [0.25, 0.3) is 11.0 Å². The fourth-order valence-corrected chi connectivity index (χ4v) is 4.71. The Morgan fingerprint density at radius 1 is 1.00 bits per heavy atom. The Balaban J connectivity index is 1.17. The van der Waals surface area contributed by atoms with Gasteiger partial charge in [-0.1, -0.05) is 0 Å². The van der Waals surface area contributed by atoms with Crippen LogP contribution in [0.4, 0.5) is 18.9 Å². The van der Waals surface area contributed by atoms with E-state index in [4.69, 9.17) is 9.15 Å². The summed E-state index contributed by atoms with van der Waals surface area (Å²) >= 11 is 0. The predicted molar refractivity (Wildman–Crippen MR) is 127 cm³/mol. The van der Waals surface area contributed by atoms with E-state index in [1.165, 1.54) is 12.1 Å². The number of halogens is 3. The zero-order valence-corrected chi connectivity index (χ0v) is 19.2. The molecule has 1 aromatic heterocycles. The van der Waals surface area contributed by atoms with Crippen LogP contribution in [0.15, 0.2) is 52.9 Å². The molecule has 6 nitrogen and oxygen atoms in total. The lowest BCUT2D eigenvalue weighted by atomic mass is 10.1. The normalized spacial score (nSPS) is 18.1. The molecule has 0 bridgehead atoms. The fraction of sp³-hybridized carbons (Fsp3) is 0.423. The number of ether oxygens (including phenoxy) is 1. The second kappa shape index (κ2) is 9.81. The summed E-state index contributed by atoms with van der Waals surface area (Å²) in [5.74, 6) is 0.795. The molecule has 2 N–H and O–H groups in total. The number of nitrogens with zero attached hydrogens (tertiary/aromatic N) is 1. The Labute approximate surface area is 201 Å². The molecule has 3 aromatic rings. The first-order valence-electron chi connectivity index (χ1n) is 12.0. The minimum atomic E-state index is -4.33. The van der Waals surface area contributed by atoms with Crippen LogP contribution >= 0.6 is 0 Å². The third-order valence-corrected chi connectivity index (χ3v) is 6.69. The van der Waals surface area contributed by atoms with E-state index in [1.807, 2.05) is 18.2 Å². The van der Waals surface area contributed by atoms with E-state index in [2.05, 4.69) is 15.5 Å². The average molecular weight is 488 g/mol. The van der Waals surface area contributed by atoms with Crippen molar-refractivity contribution in [3.05, 3.63) is 59.9 Å². The number of fused-ring (bicyclic) bond motifs is 1. The lowest BCUT2D eigenvalue weighted by Gasteiger charge is -2.33. The molecule has 2 aliphatic heterocycles. The second-order valence-electron chi connectivity index (χ2n) is 9.16. The number of hydrogen-bond donors (Lipinski definition) is 2. The largest absolute Gasteiger partial charge is 0.490 e. The zero-order chi connectivity index (χ0) is 24.4. The summed E-state index contributed by atoms with van der Waals surface area (Å²) in [6.07, 6.45) is -0.994. The van der Waals surface area contributed by atoms with Crippen LogP contribution < -0.4 is 20.3 Å². The number of rotatable bonds is 5. The molecule has 0 unspecified atom stereocenters. The maximum atomic E-state index is 12.8. The van der Waals surface area contributed by atoms with Gasteiger partial charge in [0, 0.05) is 43.0 Å². The molecular weight excluding hydrogens is 459 g/mol. The highest BCUT2D eigenvalue weighted by Crippen LogP contribution is 2.32. The molecule has 1 amide bonds. The Morgan fingerprint density at radius 2 is 1.71 bits per heavy atom. The van der Waals surface area contributed by atoms with Crippen LogP contribution in [0.5, 0.6) is 5.75 Å². The lowest BCUT2D eigenvalue weighted by Crippen LogP contribution is -2.42. The van der Waals surface area contributed by atoms with Gasteiger partial charge in [0.25, 0.3) is 5.91 Å². The highest BCUT2D eigenvalue weighted by Gasteiger charge is 2.30. The van der Waals surface area contributed by atoms with Crippen molar-refractivity contribution in [3.63, 3.8) is 0 Å². The number of furan rings is 1. The van der Waals surface area contributed by atoms with E-state index >= 15 is 0 Å². The molecule has 0 atom stereocenters. The SMILES string of the molecule is O=C(NC1CCNCC1)c1cc2cc(OC3CCN(c4ccc(C(F)(F)F)cc4)CC3)ccc2o1. The molecule has 35 heavy (non-hydrogen) atoms. The van der Waals surface area contributed by atoms with Gasteiger partial charge in [-0.15, -0.1) is 0 Å². The molecule has 2 saturated heterocycles. The van der Waals surface area contributed by atoms with E-state index in [-0.39, 0.29) is 18.1 Å². The Morgan fingerprint density at radius 3 is 2.40 bits per heavy atom. The van der Waals surface area contributed by atoms with Crippen molar-refractivity contribution in [2.24, 2.45) is 0 Å². The van der Waals surface area contributed by atoms with Gasteiger partial charge in [-0.25, -0.2) is 0 Å². The molecule has 0 spiro atoms. The van der Waals surface area contributed by atoms with E-state index in [0.29, 0.717) is 30.2 Å². The molecule has 2 aliphatic rings. The summed E-state index contributed by atoms with van der Waals surface area (Å²) < 4.78 is 50.3. The van der Waals surface area contributed by atoms with Crippen LogP contribution in [0.3, 0.4) is 0 Å².